The van der Waals surface area contributed by atoms with Crippen LogP contribution in [0.25, 0.3) is 11.3 Å². The van der Waals surface area contributed by atoms with E-state index >= 15 is 0 Å². The number of benzene rings is 2. The Hall–Kier alpha value is -2.70. The average Bonchev–Trinajstić information content (AvgIpc) is 3.33. The van der Waals surface area contributed by atoms with Crippen LogP contribution in [-0.4, -0.2) is 40.3 Å². The van der Waals surface area contributed by atoms with Crippen LogP contribution >= 0.6 is 0 Å². The van der Waals surface area contributed by atoms with Crippen LogP contribution in [0.4, 0.5) is 4.39 Å². The quantitative estimate of drug-likeness (QED) is 0.675. The van der Waals surface area contributed by atoms with E-state index in [1.165, 1.54) is 17.7 Å². The molecule has 1 aromatic heterocycles. The van der Waals surface area contributed by atoms with Gasteiger partial charge in [-0.05, 0) is 53.9 Å². The van der Waals surface area contributed by atoms with Gasteiger partial charge in [-0.15, -0.1) is 0 Å². The highest BCUT2D eigenvalue weighted by Crippen LogP contribution is 2.35. The fourth-order valence-corrected chi connectivity index (χ4v) is 4.41. The van der Waals surface area contributed by atoms with E-state index in [0.717, 1.165) is 55.4 Å². The number of rotatable bonds is 4. The SMILES string of the molecule is COc1ccc(CN2CC[C@@]3(C2)Cn2c(-c4ccc(F)cc4)cnc2CO3)cc1. The summed E-state index contributed by atoms with van der Waals surface area (Å²) < 4.78 is 27.1. The van der Waals surface area contributed by atoms with Crippen LogP contribution < -0.4 is 4.74 Å². The molecule has 3 aromatic rings. The zero-order valence-corrected chi connectivity index (χ0v) is 16.5. The molecule has 1 atom stereocenters. The zero-order chi connectivity index (χ0) is 19.8. The number of aromatic nitrogens is 2. The molecule has 5 rings (SSSR count). The minimum absolute atomic E-state index is 0.199. The molecule has 0 N–H and O–H groups in total. The van der Waals surface area contributed by atoms with Crippen molar-refractivity contribution in [3.63, 3.8) is 0 Å². The summed E-state index contributed by atoms with van der Waals surface area (Å²) >= 11 is 0. The monoisotopic (exact) mass is 393 g/mol. The van der Waals surface area contributed by atoms with Crippen molar-refractivity contribution in [2.45, 2.75) is 31.7 Å². The van der Waals surface area contributed by atoms with Gasteiger partial charge in [0, 0.05) is 19.6 Å². The van der Waals surface area contributed by atoms with Gasteiger partial charge >= 0.3 is 0 Å². The van der Waals surface area contributed by atoms with Gasteiger partial charge in [0.1, 0.15) is 29.6 Å². The van der Waals surface area contributed by atoms with Gasteiger partial charge in [-0.2, -0.15) is 0 Å². The number of likely N-dealkylation sites (tertiary alicyclic amines) is 1. The Kier molecular flexibility index (Phi) is 4.60. The van der Waals surface area contributed by atoms with Crippen molar-refractivity contribution < 1.29 is 13.9 Å². The molecule has 0 bridgehead atoms. The predicted molar refractivity (Wildman–Crippen MR) is 108 cm³/mol. The third-order valence-electron chi connectivity index (χ3n) is 5.99. The topological polar surface area (TPSA) is 39.5 Å². The molecule has 0 saturated carbocycles. The van der Waals surface area contributed by atoms with E-state index in [-0.39, 0.29) is 11.4 Å². The minimum Gasteiger partial charge on any atom is -0.497 e. The average molecular weight is 393 g/mol. The fraction of sp³-hybridized carbons (Fsp3) is 0.348. The molecule has 5 nitrogen and oxygen atoms in total. The van der Waals surface area contributed by atoms with Gasteiger partial charge in [0.15, 0.2) is 0 Å². The lowest BCUT2D eigenvalue weighted by Gasteiger charge is -2.35. The summed E-state index contributed by atoms with van der Waals surface area (Å²) in [6.07, 6.45) is 2.86. The number of imidazole rings is 1. The van der Waals surface area contributed by atoms with Crippen molar-refractivity contribution in [2.24, 2.45) is 0 Å². The van der Waals surface area contributed by atoms with Gasteiger partial charge in [-0.3, -0.25) is 4.90 Å². The van der Waals surface area contributed by atoms with Crippen molar-refractivity contribution in [1.29, 1.82) is 0 Å². The number of nitrogens with zero attached hydrogens (tertiary/aromatic N) is 3. The van der Waals surface area contributed by atoms with Gasteiger partial charge in [0.05, 0.1) is 25.5 Å². The van der Waals surface area contributed by atoms with Crippen molar-refractivity contribution in [3.8, 4) is 17.0 Å². The second-order valence-corrected chi connectivity index (χ2v) is 7.93. The van der Waals surface area contributed by atoms with E-state index in [2.05, 4.69) is 26.6 Å². The molecule has 6 heteroatoms. The van der Waals surface area contributed by atoms with Crippen LogP contribution in [-0.2, 0) is 24.4 Å². The lowest BCUT2D eigenvalue weighted by atomic mass is 10.0. The van der Waals surface area contributed by atoms with Crippen molar-refractivity contribution >= 4 is 0 Å². The van der Waals surface area contributed by atoms with E-state index in [9.17, 15) is 4.39 Å². The standard InChI is InChI=1S/C23H24FN3O2/c1-28-20-8-2-17(3-9-20)13-26-11-10-23(15-26)16-27-21(12-25-22(27)14-29-23)18-4-6-19(24)7-5-18/h2-9,12H,10-11,13-16H2,1H3/t23-/m1/s1. The summed E-state index contributed by atoms with van der Waals surface area (Å²) in [6.45, 7) is 4.07. The Morgan fingerprint density at radius 2 is 1.90 bits per heavy atom. The van der Waals surface area contributed by atoms with E-state index < -0.39 is 0 Å². The second-order valence-electron chi connectivity index (χ2n) is 7.93. The third-order valence-corrected chi connectivity index (χ3v) is 5.99. The first-order chi connectivity index (χ1) is 14.1. The Labute approximate surface area is 169 Å². The molecule has 2 aliphatic rings. The zero-order valence-electron chi connectivity index (χ0n) is 16.5. The Morgan fingerprint density at radius 1 is 1.10 bits per heavy atom. The van der Waals surface area contributed by atoms with Gasteiger partial charge < -0.3 is 14.0 Å². The number of ether oxygens (including phenoxy) is 2. The maximum atomic E-state index is 13.3. The van der Waals surface area contributed by atoms with E-state index in [0.29, 0.717) is 6.61 Å². The highest BCUT2D eigenvalue weighted by Gasteiger charge is 2.43. The first kappa shape index (κ1) is 18.3. The van der Waals surface area contributed by atoms with Gasteiger partial charge in [0.25, 0.3) is 0 Å². The molecule has 0 unspecified atom stereocenters. The minimum atomic E-state index is -0.225. The summed E-state index contributed by atoms with van der Waals surface area (Å²) in [4.78, 5) is 6.98. The summed E-state index contributed by atoms with van der Waals surface area (Å²) in [6, 6.07) is 14.9. The normalized spacial score (nSPS) is 21.4. The summed E-state index contributed by atoms with van der Waals surface area (Å²) in [5, 5.41) is 0. The molecule has 3 heterocycles. The lowest BCUT2D eigenvalue weighted by Crippen LogP contribution is -2.44. The van der Waals surface area contributed by atoms with E-state index in [4.69, 9.17) is 9.47 Å². The van der Waals surface area contributed by atoms with Gasteiger partial charge in [-0.1, -0.05) is 12.1 Å². The van der Waals surface area contributed by atoms with E-state index in [1.807, 2.05) is 30.5 Å². The smallest absolute Gasteiger partial charge is 0.135 e. The summed E-state index contributed by atoms with van der Waals surface area (Å²) in [5.74, 6) is 1.59. The van der Waals surface area contributed by atoms with Crippen LogP contribution in [0.1, 0.15) is 17.8 Å². The van der Waals surface area contributed by atoms with Crippen LogP contribution in [0.2, 0.25) is 0 Å². The van der Waals surface area contributed by atoms with Crippen molar-refractivity contribution in [2.75, 3.05) is 20.2 Å². The molecule has 2 aliphatic heterocycles. The molecule has 0 radical (unpaired) electrons. The Morgan fingerprint density at radius 3 is 2.66 bits per heavy atom. The van der Waals surface area contributed by atoms with Crippen molar-refractivity contribution in [1.82, 2.24) is 14.5 Å². The Bertz CT molecular complexity index is 1000. The maximum Gasteiger partial charge on any atom is 0.135 e. The van der Waals surface area contributed by atoms with Gasteiger partial charge in [-0.25, -0.2) is 9.37 Å². The first-order valence-electron chi connectivity index (χ1n) is 9.94. The van der Waals surface area contributed by atoms with Crippen LogP contribution in [0, 0.1) is 5.82 Å². The highest BCUT2D eigenvalue weighted by atomic mass is 19.1. The maximum absolute atomic E-state index is 13.3. The summed E-state index contributed by atoms with van der Waals surface area (Å²) in [5.41, 5.74) is 3.08. The molecule has 1 fully saturated rings. The molecular formula is C23H24FN3O2. The number of hydrogen-bond donors (Lipinski definition) is 0. The third kappa shape index (κ3) is 3.54. The molecule has 1 spiro atoms. The number of methoxy groups -OCH3 is 1. The lowest BCUT2D eigenvalue weighted by molar-refractivity contribution is -0.0821. The molecular weight excluding hydrogens is 369 g/mol. The van der Waals surface area contributed by atoms with Crippen LogP contribution in [0.3, 0.4) is 0 Å². The number of fused-ring (bicyclic) bond motifs is 1. The number of hydrogen-bond acceptors (Lipinski definition) is 4. The van der Waals surface area contributed by atoms with Crippen molar-refractivity contribution in [3.05, 3.63) is 71.9 Å². The largest absolute Gasteiger partial charge is 0.497 e. The first-order valence-corrected chi connectivity index (χ1v) is 9.94. The molecule has 2 aromatic carbocycles. The second kappa shape index (κ2) is 7.28. The molecule has 0 aliphatic carbocycles. The predicted octanol–water partition coefficient (Wildman–Crippen LogP) is 3.87. The summed E-state index contributed by atoms with van der Waals surface area (Å²) in [7, 11) is 1.68. The number of halogens is 1. The van der Waals surface area contributed by atoms with E-state index in [1.54, 1.807) is 7.11 Å². The van der Waals surface area contributed by atoms with Crippen LogP contribution in [0.15, 0.2) is 54.7 Å². The van der Waals surface area contributed by atoms with Gasteiger partial charge in [0.2, 0.25) is 0 Å². The van der Waals surface area contributed by atoms with Crippen LogP contribution in [0.5, 0.6) is 5.75 Å². The molecule has 150 valence electrons. The molecule has 29 heavy (non-hydrogen) atoms. The highest BCUT2D eigenvalue weighted by molar-refractivity contribution is 5.59. The molecule has 1 saturated heterocycles. The fourth-order valence-electron chi connectivity index (χ4n) is 4.41. The Balaban J connectivity index is 1.32. The molecule has 0 amide bonds.